The van der Waals surface area contributed by atoms with Gasteiger partial charge in [-0.3, -0.25) is 0 Å². The molecule has 0 aliphatic carbocycles. The second-order valence-electron chi connectivity index (χ2n) is 5.54. The molecule has 1 saturated heterocycles. The highest BCUT2D eigenvalue weighted by Crippen LogP contribution is 2.29. The number of nitrogens with one attached hydrogen (secondary N) is 1. The lowest BCUT2D eigenvalue weighted by Crippen LogP contribution is -2.33. The van der Waals surface area contributed by atoms with Crippen molar-refractivity contribution in [2.24, 2.45) is 0 Å². The fourth-order valence-electron chi connectivity index (χ4n) is 2.27. The molecule has 0 bridgehead atoms. The van der Waals surface area contributed by atoms with Crippen molar-refractivity contribution in [1.29, 1.82) is 0 Å². The Hall–Kier alpha value is -0.0800. The van der Waals surface area contributed by atoms with Gasteiger partial charge in [-0.25, -0.2) is 8.42 Å². The van der Waals surface area contributed by atoms with Crippen LogP contribution >= 0.6 is 23.1 Å². The van der Waals surface area contributed by atoms with Gasteiger partial charge in [0.1, 0.15) is 0 Å². The molecule has 1 N–H and O–H groups in total. The Bertz CT molecular complexity index is 559. The lowest BCUT2D eigenvalue weighted by Gasteiger charge is -2.19. The van der Waals surface area contributed by atoms with Crippen LogP contribution < -0.4 is 5.32 Å². The molecular weight excluding hydrogens is 324 g/mol. The molecule has 0 atom stereocenters. The Balaban J connectivity index is 2.19. The molecule has 21 heavy (non-hydrogen) atoms. The van der Waals surface area contributed by atoms with Gasteiger partial charge >= 0.3 is 0 Å². The van der Waals surface area contributed by atoms with E-state index in [1.54, 1.807) is 15.6 Å². The number of rotatable bonds is 5. The molecule has 2 heterocycles. The summed E-state index contributed by atoms with van der Waals surface area (Å²) in [6.45, 7) is 8.09. The van der Waals surface area contributed by atoms with Crippen LogP contribution in [0.2, 0.25) is 0 Å². The van der Waals surface area contributed by atoms with Gasteiger partial charge in [0.15, 0.2) is 0 Å². The molecule has 0 unspecified atom stereocenters. The second kappa shape index (κ2) is 7.46. The summed E-state index contributed by atoms with van der Waals surface area (Å²) in [7, 11) is -3.33. The molecular formula is C14H24N2O2S3. The van der Waals surface area contributed by atoms with Crippen LogP contribution in [0.1, 0.15) is 30.0 Å². The van der Waals surface area contributed by atoms with Crippen molar-refractivity contribution in [2.45, 2.75) is 44.7 Å². The first-order valence-electron chi connectivity index (χ1n) is 7.32. The number of hydrogen-bond donors (Lipinski definition) is 1. The predicted molar refractivity (Wildman–Crippen MR) is 91.7 cm³/mol. The number of hydrogen-bond acceptors (Lipinski definition) is 5. The third-order valence-electron chi connectivity index (χ3n) is 3.41. The minimum Gasteiger partial charge on any atom is -0.310 e. The van der Waals surface area contributed by atoms with E-state index in [0.29, 0.717) is 24.0 Å². The van der Waals surface area contributed by atoms with E-state index >= 15 is 0 Å². The van der Waals surface area contributed by atoms with Gasteiger partial charge in [-0.05, 0) is 25.2 Å². The highest BCUT2D eigenvalue weighted by molar-refractivity contribution is 7.99. The summed E-state index contributed by atoms with van der Waals surface area (Å²) in [6.07, 6.45) is 0.939. The van der Waals surface area contributed by atoms with Crippen LogP contribution in [0.3, 0.4) is 0 Å². The van der Waals surface area contributed by atoms with Gasteiger partial charge in [0, 0.05) is 41.2 Å². The quantitative estimate of drug-likeness (QED) is 0.889. The van der Waals surface area contributed by atoms with E-state index in [1.165, 1.54) is 0 Å². The monoisotopic (exact) mass is 348 g/mol. The van der Waals surface area contributed by atoms with E-state index in [0.717, 1.165) is 34.2 Å². The minimum atomic E-state index is -3.33. The fraction of sp³-hybridized carbons (Fsp3) is 0.714. The van der Waals surface area contributed by atoms with E-state index < -0.39 is 10.0 Å². The van der Waals surface area contributed by atoms with E-state index in [9.17, 15) is 8.42 Å². The van der Waals surface area contributed by atoms with Gasteiger partial charge in [0.2, 0.25) is 10.0 Å². The maximum absolute atomic E-state index is 12.8. The highest BCUT2D eigenvalue weighted by Gasteiger charge is 2.28. The SMILES string of the molecule is Cc1sc(CNC(C)C)cc1S(=O)(=O)N1CCCSCC1. The fourth-order valence-corrected chi connectivity index (χ4v) is 6.31. The Labute approximate surface area is 136 Å². The van der Waals surface area contributed by atoms with Crippen molar-refractivity contribution in [1.82, 2.24) is 9.62 Å². The molecule has 0 saturated carbocycles. The number of thiophene rings is 1. The van der Waals surface area contributed by atoms with Crippen molar-refractivity contribution in [3.05, 3.63) is 15.8 Å². The zero-order valence-electron chi connectivity index (χ0n) is 12.9. The molecule has 2 rings (SSSR count). The van der Waals surface area contributed by atoms with Crippen molar-refractivity contribution < 1.29 is 8.42 Å². The Morgan fingerprint density at radius 3 is 2.81 bits per heavy atom. The number of thioether (sulfide) groups is 1. The number of nitrogens with zero attached hydrogens (tertiary/aromatic N) is 1. The van der Waals surface area contributed by atoms with E-state index in [4.69, 9.17) is 0 Å². The summed E-state index contributed by atoms with van der Waals surface area (Å²) >= 11 is 3.42. The molecule has 1 aliphatic heterocycles. The van der Waals surface area contributed by atoms with Crippen molar-refractivity contribution in [3.63, 3.8) is 0 Å². The molecule has 0 aromatic carbocycles. The van der Waals surface area contributed by atoms with E-state index in [-0.39, 0.29) is 0 Å². The largest absolute Gasteiger partial charge is 0.310 e. The third-order valence-corrected chi connectivity index (χ3v) is 7.66. The van der Waals surface area contributed by atoms with Gasteiger partial charge in [-0.15, -0.1) is 11.3 Å². The lowest BCUT2D eigenvalue weighted by atomic mass is 10.3. The third kappa shape index (κ3) is 4.45. The van der Waals surface area contributed by atoms with Crippen LogP contribution in [0, 0.1) is 6.92 Å². The second-order valence-corrected chi connectivity index (χ2v) is 10.0. The normalized spacial score (nSPS) is 18.1. The smallest absolute Gasteiger partial charge is 0.244 e. The van der Waals surface area contributed by atoms with Crippen LogP contribution in [-0.2, 0) is 16.6 Å². The number of sulfonamides is 1. The molecule has 1 aliphatic rings. The topological polar surface area (TPSA) is 49.4 Å². The van der Waals surface area contributed by atoms with Gasteiger partial charge in [-0.2, -0.15) is 16.1 Å². The highest BCUT2D eigenvalue weighted by atomic mass is 32.2. The number of aryl methyl sites for hydroxylation is 1. The van der Waals surface area contributed by atoms with Gasteiger partial charge in [-0.1, -0.05) is 13.8 Å². The van der Waals surface area contributed by atoms with Crippen LogP contribution in [0.25, 0.3) is 0 Å². The van der Waals surface area contributed by atoms with Crippen molar-refractivity contribution in [3.8, 4) is 0 Å². The zero-order chi connectivity index (χ0) is 15.5. The maximum atomic E-state index is 12.8. The first-order chi connectivity index (χ1) is 9.91. The van der Waals surface area contributed by atoms with Crippen molar-refractivity contribution >= 4 is 33.1 Å². The van der Waals surface area contributed by atoms with E-state index in [2.05, 4.69) is 19.2 Å². The molecule has 4 nitrogen and oxygen atoms in total. The Morgan fingerprint density at radius 2 is 2.10 bits per heavy atom. The van der Waals surface area contributed by atoms with Gasteiger partial charge < -0.3 is 5.32 Å². The summed E-state index contributed by atoms with van der Waals surface area (Å²) in [5, 5.41) is 3.34. The van der Waals surface area contributed by atoms with Crippen LogP contribution in [0.15, 0.2) is 11.0 Å². The minimum absolute atomic E-state index is 0.398. The standard InChI is InChI=1S/C14H24N2O2S3/c1-11(2)15-10-13-9-14(12(3)20-13)21(17,18)16-5-4-7-19-8-6-16/h9,11,15H,4-8,10H2,1-3H3. The molecule has 0 radical (unpaired) electrons. The van der Waals surface area contributed by atoms with E-state index in [1.807, 2.05) is 24.8 Å². The first kappa shape index (κ1) is 17.3. The molecule has 120 valence electrons. The Kier molecular flexibility index (Phi) is 6.14. The molecule has 1 aromatic rings. The molecule has 0 spiro atoms. The lowest BCUT2D eigenvalue weighted by molar-refractivity contribution is 0.435. The van der Waals surface area contributed by atoms with Crippen LogP contribution in [0.4, 0.5) is 0 Å². The first-order valence-corrected chi connectivity index (χ1v) is 10.7. The van der Waals surface area contributed by atoms with Crippen LogP contribution in [-0.4, -0.2) is 43.4 Å². The molecule has 1 aromatic heterocycles. The summed E-state index contributed by atoms with van der Waals surface area (Å²) in [6, 6.07) is 2.25. The van der Waals surface area contributed by atoms with Crippen molar-refractivity contribution in [2.75, 3.05) is 24.6 Å². The summed E-state index contributed by atoms with van der Waals surface area (Å²) in [4.78, 5) is 2.48. The molecule has 1 fully saturated rings. The summed E-state index contributed by atoms with van der Waals surface area (Å²) < 4.78 is 27.3. The maximum Gasteiger partial charge on any atom is 0.244 e. The zero-order valence-corrected chi connectivity index (χ0v) is 15.3. The van der Waals surface area contributed by atoms with Crippen LogP contribution in [0.5, 0.6) is 0 Å². The average Bonchev–Trinajstić information content (AvgIpc) is 2.64. The summed E-state index contributed by atoms with van der Waals surface area (Å²) in [5.41, 5.74) is 0. The average molecular weight is 349 g/mol. The van der Waals surface area contributed by atoms with Gasteiger partial charge in [0.25, 0.3) is 0 Å². The molecule has 0 amide bonds. The summed E-state index contributed by atoms with van der Waals surface area (Å²) in [5.74, 6) is 1.95. The predicted octanol–water partition coefficient (Wildman–Crippen LogP) is 2.68. The molecule has 7 heteroatoms. The Morgan fingerprint density at radius 1 is 1.33 bits per heavy atom. The van der Waals surface area contributed by atoms with Gasteiger partial charge in [0.05, 0.1) is 4.90 Å².